The zero-order chi connectivity index (χ0) is 8.74. The average Bonchev–Trinajstić information content (AvgIpc) is 1.85. The predicted molar refractivity (Wildman–Crippen MR) is 38.9 cm³/mol. The van der Waals surface area contributed by atoms with Gasteiger partial charge in [-0.3, -0.25) is 0 Å². The maximum absolute atomic E-state index is 11.5. The lowest BCUT2D eigenvalue weighted by Crippen LogP contribution is -2.19. The van der Waals surface area contributed by atoms with Crippen LogP contribution in [0.4, 0.5) is 13.2 Å². The molecule has 0 aliphatic carbocycles. The van der Waals surface area contributed by atoms with E-state index in [4.69, 9.17) is 11.6 Å². The van der Waals surface area contributed by atoms with Crippen LogP contribution in [0.2, 0.25) is 0 Å². The Kier molecular flexibility index (Phi) is 5.68. The van der Waals surface area contributed by atoms with E-state index >= 15 is 0 Å². The van der Waals surface area contributed by atoms with Crippen molar-refractivity contribution in [3.63, 3.8) is 0 Å². The molecule has 68 valence electrons. The number of alkyl halides is 4. The molecule has 0 saturated heterocycles. The van der Waals surface area contributed by atoms with Crippen molar-refractivity contribution in [3.05, 3.63) is 0 Å². The van der Waals surface area contributed by atoms with Gasteiger partial charge in [0.15, 0.2) is 0 Å². The van der Waals surface area contributed by atoms with E-state index < -0.39 is 12.6 Å². The van der Waals surface area contributed by atoms with E-state index in [0.717, 1.165) is 0 Å². The van der Waals surface area contributed by atoms with Gasteiger partial charge in [0, 0.05) is 18.8 Å². The summed E-state index contributed by atoms with van der Waals surface area (Å²) in [6, 6.07) is 0. The Morgan fingerprint density at radius 3 is 2.27 bits per heavy atom. The van der Waals surface area contributed by atoms with Gasteiger partial charge in [-0.1, -0.05) is 0 Å². The van der Waals surface area contributed by atoms with Crippen molar-refractivity contribution in [1.82, 2.24) is 5.32 Å². The second-order valence-electron chi connectivity index (χ2n) is 2.16. The molecule has 0 spiro atoms. The van der Waals surface area contributed by atoms with Gasteiger partial charge in [-0.25, -0.2) is 0 Å². The third-order valence-corrected chi connectivity index (χ3v) is 1.27. The van der Waals surface area contributed by atoms with Crippen LogP contribution < -0.4 is 5.32 Å². The minimum absolute atomic E-state index is 0.125. The molecule has 0 atom stereocenters. The zero-order valence-electron chi connectivity index (χ0n) is 6.05. The highest BCUT2D eigenvalue weighted by Crippen LogP contribution is 2.20. The van der Waals surface area contributed by atoms with Crippen LogP contribution >= 0.6 is 11.6 Å². The summed E-state index contributed by atoms with van der Waals surface area (Å²) in [6.45, 7) is 0.950. The third kappa shape index (κ3) is 10.0. The van der Waals surface area contributed by atoms with E-state index in [0.29, 0.717) is 19.0 Å². The molecular weight excluding hydrogens is 179 g/mol. The maximum Gasteiger partial charge on any atom is 0.389 e. The number of rotatable bonds is 5. The fraction of sp³-hybridized carbons (Fsp3) is 1.00. The standard InChI is InChI=1S/C6H11ClF3N/c7-3-5-11-4-1-2-6(8,9)10/h11H,1-5H2. The number of hydrogen-bond acceptors (Lipinski definition) is 1. The van der Waals surface area contributed by atoms with Gasteiger partial charge < -0.3 is 5.32 Å². The smallest absolute Gasteiger partial charge is 0.316 e. The van der Waals surface area contributed by atoms with Gasteiger partial charge in [-0.15, -0.1) is 11.6 Å². The Labute approximate surface area is 68.9 Å². The molecule has 0 saturated carbocycles. The molecule has 0 aliphatic heterocycles. The lowest BCUT2D eigenvalue weighted by atomic mass is 10.3. The Bertz CT molecular complexity index is 94.3. The van der Waals surface area contributed by atoms with Crippen LogP contribution in [0.1, 0.15) is 12.8 Å². The van der Waals surface area contributed by atoms with Gasteiger partial charge in [-0.05, 0) is 13.0 Å². The molecule has 0 aromatic heterocycles. The minimum atomic E-state index is -4.03. The predicted octanol–water partition coefficient (Wildman–Crippen LogP) is 2.16. The van der Waals surface area contributed by atoms with Crippen LogP contribution in [-0.2, 0) is 0 Å². The first-order valence-electron chi connectivity index (χ1n) is 3.39. The number of nitrogens with one attached hydrogen (secondary N) is 1. The van der Waals surface area contributed by atoms with Gasteiger partial charge >= 0.3 is 6.18 Å². The molecule has 11 heavy (non-hydrogen) atoms. The van der Waals surface area contributed by atoms with Crippen molar-refractivity contribution in [2.75, 3.05) is 19.0 Å². The van der Waals surface area contributed by atoms with E-state index in [-0.39, 0.29) is 6.42 Å². The number of halogens is 4. The highest BCUT2D eigenvalue weighted by Gasteiger charge is 2.25. The lowest BCUT2D eigenvalue weighted by molar-refractivity contribution is -0.135. The first kappa shape index (κ1) is 11.0. The molecule has 0 aromatic carbocycles. The second kappa shape index (κ2) is 5.66. The third-order valence-electron chi connectivity index (χ3n) is 1.09. The van der Waals surface area contributed by atoms with E-state index in [9.17, 15) is 13.2 Å². The number of hydrogen-bond donors (Lipinski definition) is 1. The van der Waals surface area contributed by atoms with Crippen LogP contribution in [0, 0.1) is 0 Å². The normalized spacial score (nSPS) is 12.0. The Balaban J connectivity index is 3.02. The molecule has 0 amide bonds. The van der Waals surface area contributed by atoms with Gasteiger partial charge in [-0.2, -0.15) is 13.2 Å². The molecule has 0 heterocycles. The van der Waals surface area contributed by atoms with Crippen LogP contribution in [0.5, 0.6) is 0 Å². The molecule has 0 rings (SSSR count). The van der Waals surface area contributed by atoms with Gasteiger partial charge in [0.05, 0.1) is 0 Å². The second-order valence-corrected chi connectivity index (χ2v) is 2.54. The maximum atomic E-state index is 11.5. The van der Waals surface area contributed by atoms with Crippen LogP contribution in [0.15, 0.2) is 0 Å². The molecule has 0 radical (unpaired) electrons. The fourth-order valence-electron chi connectivity index (χ4n) is 0.606. The molecule has 0 bridgehead atoms. The zero-order valence-corrected chi connectivity index (χ0v) is 6.80. The van der Waals surface area contributed by atoms with Gasteiger partial charge in [0.1, 0.15) is 0 Å². The quantitative estimate of drug-likeness (QED) is 0.516. The van der Waals surface area contributed by atoms with Crippen molar-refractivity contribution in [2.24, 2.45) is 0 Å². The summed E-state index contributed by atoms with van der Waals surface area (Å²) in [4.78, 5) is 0. The molecule has 0 fully saturated rings. The van der Waals surface area contributed by atoms with Crippen LogP contribution in [0.3, 0.4) is 0 Å². The van der Waals surface area contributed by atoms with Gasteiger partial charge in [0.2, 0.25) is 0 Å². The molecule has 0 unspecified atom stereocenters. The SMILES string of the molecule is FC(F)(F)CCCNCCCl. The largest absolute Gasteiger partial charge is 0.389 e. The van der Waals surface area contributed by atoms with E-state index in [1.165, 1.54) is 0 Å². The molecule has 1 N–H and O–H groups in total. The summed E-state index contributed by atoms with van der Waals surface area (Å²) >= 11 is 5.29. The topological polar surface area (TPSA) is 12.0 Å². The summed E-state index contributed by atoms with van der Waals surface area (Å²) in [5.41, 5.74) is 0. The Hall–Kier alpha value is 0.0400. The van der Waals surface area contributed by atoms with Crippen LogP contribution in [0.25, 0.3) is 0 Å². The Morgan fingerprint density at radius 1 is 1.18 bits per heavy atom. The van der Waals surface area contributed by atoms with Crippen molar-refractivity contribution in [2.45, 2.75) is 19.0 Å². The highest BCUT2D eigenvalue weighted by molar-refractivity contribution is 6.18. The van der Waals surface area contributed by atoms with Gasteiger partial charge in [0.25, 0.3) is 0 Å². The minimum Gasteiger partial charge on any atom is -0.316 e. The highest BCUT2D eigenvalue weighted by atomic mass is 35.5. The first-order chi connectivity index (χ1) is 5.06. The summed E-state index contributed by atoms with van der Waals surface area (Å²) in [7, 11) is 0. The fourth-order valence-corrected chi connectivity index (χ4v) is 0.739. The summed E-state index contributed by atoms with van der Waals surface area (Å²) in [6.07, 6.45) is -4.62. The van der Waals surface area contributed by atoms with Crippen molar-refractivity contribution >= 4 is 11.6 Å². The van der Waals surface area contributed by atoms with Crippen molar-refractivity contribution in [3.8, 4) is 0 Å². The van der Waals surface area contributed by atoms with E-state index in [1.54, 1.807) is 0 Å². The summed E-state index contributed by atoms with van der Waals surface area (Å²) < 4.78 is 34.5. The van der Waals surface area contributed by atoms with Crippen LogP contribution in [-0.4, -0.2) is 25.1 Å². The van der Waals surface area contributed by atoms with E-state index in [2.05, 4.69) is 5.32 Å². The molecule has 5 heteroatoms. The van der Waals surface area contributed by atoms with E-state index in [1.807, 2.05) is 0 Å². The molecule has 0 aliphatic rings. The summed E-state index contributed by atoms with van der Waals surface area (Å²) in [5, 5.41) is 2.78. The molecule has 1 nitrogen and oxygen atoms in total. The van der Waals surface area contributed by atoms with Crippen molar-refractivity contribution < 1.29 is 13.2 Å². The summed E-state index contributed by atoms with van der Waals surface area (Å²) in [5.74, 6) is 0.437. The monoisotopic (exact) mass is 189 g/mol. The lowest BCUT2D eigenvalue weighted by Gasteiger charge is -2.05. The molecule has 0 aromatic rings. The van der Waals surface area contributed by atoms with Crippen molar-refractivity contribution in [1.29, 1.82) is 0 Å². The Morgan fingerprint density at radius 2 is 1.82 bits per heavy atom. The average molecular weight is 190 g/mol. The first-order valence-corrected chi connectivity index (χ1v) is 3.93. The molecular formula is C6H11ClF3N.